The van der Waals surface area contributed by atoms with E-state index in [1.54, 1.807) is 5.56 Å². The molecule has 1 aromatic rings. The van der Waals surface area contributed by atoms with Gasteiger partial charge in [0.2, 0.25) is 0 Å². The van der Waals surface area contributed by atoms with E-state index < -0.39 is 0 Å². The van der Waals surface area contributed by atoms with Gasteiger partial charge in [0, 0.05) is 18.3 Å². The fourth-order valence-corrected chi connectivity index (χ4v) is 3.39. The molecule has 0 radical (unpaired) electrons. The van der Waals surface area contributed by atoms with Gasteiger partial charge in [-0.25, -0.2) is 0 Å². The van der Waals surface area contributed by atoms with Gasteiger partial charge in [0.25, 0.3) is 0 Å². The monoisotopic (exact) mass is 216 g/mol. The van der Waals surface area contributed by atoms with Crippen LogP contribution in [0.25, 0.3) is 0 Å². The van der Waals surface area contributed by atoms with Crippen molar-refractivity contribution in [2.24, 2.45) is 11.7 Å². The Morgan fingerprint density at radius 1 is 1.44 bits per heavy atom. The van der Waals surface area contributed by atoms with Crippen LogP contribution in [0.15, 0.2) is 18.2 Å². The largest absolute Gasteiger partial charge is 0.368 e. The van der Waals surface area contributed by atoms with Gasteiger partial charge in [-0.3, -0.25) is 0 Å². The highest BCUT2D eigenvalue weighted by molar-refractivity contribution is 5.64. The fraction of sp³-hybridized carbons (Fsp3) is 0.571. The molecule has 2 aliphatic heterocycles. The van der Waals surface area contributed by atoms with E-state index in [0.717, 1.165) is 18.5 Å². The molecular weight excluding hydrogens is 196 g/mol. The van der Waals surface area contributed by atoms with Gasteiger partial charge in [-0.1, -0.05) is 18.2 Å². The summed E-state index contributed by atoms with van der Waals surface area (Å²) in [6.07, 6.45) is 3.78. The number of benzene rings is 1. The fourth-order valence-electron chi connectivity index (χ4n) is 3.39. The average molecular weight is 216 g/mol. The maximum atomic E-state index is 5.80. The number of fused-ring (bicyclic) bond motifs is 3. The standard InChI is InChI=1S/C14H20N2/c1-10-3-2-4-12-8-13-7-11(9-15)5-6-16(13)14(10)12/h2-4,11,13H,5-9,15H2,1H3. The first-order chi connectivity index (χ1) is 7.79. The Kier molecular flexibility index (Phi) is 2.40. The van der Waals surface area contributed by atoms with Gasteiger partial charge in [0.1, 0.15) is 0 Å². The van der Waals surface area contributed by atoms with Crippen molar-refractivity contribution in [3.05, 3.63) is 29.3 Å². The van der Waals surface area contributed by atoms with E-state index in [1.807, 2.05) is 0 Å². The Labute approximate surface area is 97.4 Å². The summed E-state index contributed by atoms with van der Waals surface area (Å²) < 4.78 is 0. The molecular formula is C14H20N2. The quantitative estimate of drug-likeness (QED) is 0.779. The second kappa shape index (κ2) is 3.77. The number of hydrogen-bond acceptors (Lipinski definition) is 2. The number of para-hydroxylation sites is 1. The Hall–Kier alpha value is -1.02. The molecule has 1 saturated heterocycles. The third-order valence-corrected chi connectivity index (χ3v) is 4.22. The first-order valence-electron chi connectivity index (χ1n) is 6.35. The minimum Gasteiger partial charge on any atom is -0.368 e. The predicted octanol–water partition coefficient (Wildman–Crippen LogP) is 2.09. The first-order valence-corrected chi connectivity index (χ1v) is 6.35. The van der Waals surface area contributed by atoms with Crippen LogP contribution >= 0.6 is 0 Å². The number of nitrogens with zero attached hydrogens (tertiary/aromatic N) is 1. The lowest BCUT2D eigenvalue weighted by molar-refractivity contribution is 0.356. The number of anilines is 1. The summed E-state index contributed by atoms with van der Waals surface area (Å²) in [5.41, 5.74) is 10.3. The zero-order valence-electron chi connectivity index (χ0n) is 9.95. The Morgan fingerprint density at radius 2 is 2.31 bits per heavy atom. The third-order valence-electron chi connectivity index (χ3n) is 4.22. The van der Waals surface area contributed by atoms with Crippen molar-refractivity contribution in [1.29, 1.82) is 0 Å². The molecule has 0 saturated carbocycles. The second-order valence-electron chi connectivity index (χ2n) is 5.26. The van der Waals surface area contributed by atoms with E-state index >= 15 is 0 Å². The van der Waals surface area contributed by atoms with Gasteiger partial charge in [-0.2, -0.15) is 0 Å². The van der Waals surface area contributed by atoms with Crippen molar-refractivity contribution >= 4 is 5.69 Å². The molecule has 0 bridgehead atoms. The number of aryl methyl sites for hydroxylation is 1. The summed E-state index contributed by atoms with van der Waals surface area (Å²) in [7, 11) is 0. The summed E-state index contributed by atoms with van der Waals surface area (Å²) >= 11 is 0. The van der Waals surface area contributed by atoms with Gasteiger partial charge >= 0.3 is 0 Å². The van der Waals surface area contributed by atoms with Gasteiger partial charge in [-0.15, -0.1) is 0 Å². The molecule has 2 heterocycles. The normalized spacial score (nSPS) is 27.8. The minimum absolute atomic E-state index is 0.721. The lowest BCUT2D eigenvalue weighted by Gasteiger charge is -2.36. The van der Waals surface area contributed by atoms with Crippen LogP contribution in [0.2, 0.25) is 0 Å². The van der Waals surface area contributed by atoms with E-state index in [-0.39, 0.29) is 0 Å². The smallest absolute Gasteiger partial charge is 0.0431 e. The Balaban J connectivity index is 1.91. The summed E-state index contributed by atoms with van der Waals surface area (Å²) in [6, 6.07) is 7.43. The molecule has 2 atom stereocenters. The highest BCUT2D eigenvalue weighted by Crippen LogP contribution is 2.40. The van der Waals surface area contributed by atoms with Crippen molar-refractivity contribution in [3.8, 4) is 0 Å². The molecule has 0 amide bonds. The van der Waals surface area contributed by atoms with Crippen LogP contribution < -0.4 is 10.6 Å². The van der Waals surface area contributed by atoms with E-state index in [9.17, 15) is 0 Å². The molecule has 0 spiro atoms. The van der Waals surface area contributed by atoms with E-state index in [1.165, 1.54) is 37.1 Å². The van der Waals surface area contributed by atoms with Crippen molar-refractivity contribution in [3.63, 3.8) is 0 Å². The molecule has 1 fully saturated rings. The van der Waals surface area contributed by atoms with Gasteiger partial charge in [0.05, 0.1) is 0 Å². The molecule has 2 unspecified atom stereocenters. The van der Waals surface area contributed by atoms with E-state index in [0.29, 0.717) is 0 Å². The second-order valence-corrected chi connectivity index (χ2v) is 5.26. The first kappa shape index (κ1) is 10.2. The molecule has 2 nitrogen and oxygen atoms in total. The predicted molar refractivity (Wildman–Crippen MR) is 67.8 cm³/mol. The molecule has 86 valence electrons. The molecule has 2 N–H and O–H groups in total. The third kappa shape index (κ3) is 1.44. The maximum Gasteiger partial charge on any atom is 0.0431 e. The van der Waals surface area contributed by atoms with Crippen LogP contribution in [0.5, 0.6) is 0 Å². The van der Waals surface area contributed by atoms with Gasteiger partial charge in [-0.05, 0) is 49.8 Å². The topological polar surface area (TPSA) is 29.3 Å². The zero-order valence-corrected chi connectivity index (χ0v) is 9.95. The average Bonchev–Trinajstić information content (AvgIpc) is 2.67. The Morgan fingerprint density at radius 3 is 3.12 bits per heavy atom. The van der Waals surface area contributed by atoms with Crippen molar-refractivity contribution in [2.75, 3.05) is 18.0 Å². The lowest BCUT2D eigenvalue weighted by atomic mass is 9.91. The minimum atomic E-state index is 0.721. The highest BCUT2D eigenvalue weighted by atomic mass is 15.2. The number of nitrogens with two attached hydrogens (primary N) is 1. The van der Waals surface area contributed by atoms with Crippen molar-refractivity contribution < 1.29 is 0 Å². The number of piperidine rings is 1. The van der Waals surface area contributed by atoms with Gasteiger partial charge in [0.15, 0.2) is 0 Å². The van der Waals surface area contributed by atoms with Crippen LogP contribution in [0.3, 0.4) is 0 Å². The summed E-state index contributed by atoms with van der Waals surface area (Å²) in [4.78, 5) is 2.62. The number of rotatable bonds is 1. The lowest BCUT2D eigenvalue weighted by Crippen LogP contribution is -2.42. The molecule has 0 aromatic heterocycles. The SMILES string of the molecule is Cc1cccc2c1N1CCC(CN)CC1C2. The molecule has 16 heavy (non-hydrogen) atoms. The molecule has 3 rings (SSSR count). The van der Waals surface area contributed by atoms with Crippen LogP contribution in [0.1, 0.15) is 24.0 Å². The Bertz CT molecular complexity index is 400. The summed E-state index contributed by atoms with van der Waals surface area (Å²) in [6.45, 7) is 4.29. The van der Waals surface area contributed by atoms with E-state index in [4.69, 9.17) is 5.73 Å². The van der Waals surface area contributed by atoms with Gasteiger partial charge < -0.3 is 10.6 Å². The van der Waals surface area contributed by atoms with Crippen molar-refractivity contribution in [2.45, 2.75) is 32.2 Å². The van der Waals surface area contributed by atoms with Crippen LogP contribution in [-0.2, 0) is 6.42 Å². The summed E-state index contributed by atoms with van der Waals surface area (Å²) in [5.74, 6) is 0.746. The molecule has 1 aromatic carbocycles. The van der Waals surface area contributed by atoms with Crippen LogP contribution in [0.4, 0.5) is 5.69 Å². The summed E-state index contributed by atoms with van der Waals surface area (Å²) in [5, 5.41) is 0. The zero-order chi connectivity index (χ0) is 11.1. The van der Waals surface area contributed by atoms with Crippen LogP contribution in [0, 0.1) is 12.8 Å². The van der Waals surface area contributed by atoms with E-state index in [2.05, 4.69) is 30.0 Å². The maximum absolute atomic E-state index is 5.80. The molecule has 2 heteroatoms. The molecule has 0 aliphatic carbocycles. The molecule has 2 aliphatic rings. The highest BCUT2D eigenvalue weighted by Gasteiger charge is 2.34. The number of hydrogen-bond donors (Lipinski definition) is 1. The van der Waals surface area contributed by atoms with Crippen molar-refractivity contribution in [1.82, 2.24) is 0 Å². The van der Waals surface area contributed by atoms with Crippen LogP contribution in [-0.4, -0.2) is 19.1 Å².